The summed E-state index contributed by atoms with van der Waals surface area (Å²) in [4.78, 5) is 41.2. The van der Waals surface area contributed by atoms with Crippen molar-refractivity contribution < 1.29 is 28.6 Å². The van der Waals surface area contributed by atoms with Gasteiger partial charge >= 0.3 is 5.97 Å². The number of ether oxygens (including phenoxy) is 3. The molecule has 2 aromatic carbocycles. The van der Waals surface area contributed by atoms with E-state index in [1.165, 1.54) is 6.92 Å². The van der Waals surface area contributed by atoms with Crippen molar-refractivity contribution in [3.63, 3.8) is 0 Å². The molecule has 5 rings (SSSR count). The highest BCUT2D eigenvalue weighted by atomic mass is 127. The van der Waals surface area contributed by atoms with Gasteiger partial charge in [0, 0.05) is 13.5 Å². The average Bonchev–Trinajstić information content (AvgIpc) is 3.51. The van der Waals surface area contributed by atoms with Gasteiger partial charge in [0.15, 0.2) is 0 Å². The van der Waals surface area contributed by atoms with Crippen LogP contribution in [0.4, 0.5) is 0 Å². The molecule has 2 bridgehead atoms. The van der Waals surface area contributed by atoms with Gasteiger partial charge in [-0.25, -0.2) is 0 Å². The Morgan fingerprint density at radius 3 is 2.56 bits per heavy atom. The summed E-state index contributed by atoms with van der Waals surface area (Å²) in [5, 5.41) is 3.01. The second-order valence-corrected chi connectivity index (χ2v) is 10.6. The van der Waals surface area contributed by atoms with E-state index < -0.39 is 29.6 Å². The number of halogens is 1. The number of carbonyl (C=O) groups excluding carboxylic acids is 3. The number of hydrogen-bond acceptors (Lipinski definition) is 6. The van der Waals surface area contributed by atoms with E-state index in [9.17, 15) is 14.4 Å². The number of amides is 2. The van der Waals surface area contributed by atoms with E-state index in [-0.39, 0.29) is 28.4 Å². The van der Waals surface area contributed by atoms with E-state index in [1.807, 2.05) is 54.6 Å². The maximum absolute atomic E-state index is 14.0. The van der Waals surface area contributed by atoms with Gasteiger partial charge in [0.25, 0.3) is 0 Å². The fourth-order valence-electron chi connectivity index (χ4n) is 5.41. The maximum atomic E-state index is 14.0. The van der Waals surface area contributed by atoms with Crippen LogP contribution in [-0.4, -0.2) is 58.1 Å². The molecule has 0 aliphatic carbocycles. The summed E-state index contributed by atoms with van der Waals surface area (Å²) in [5.41, 5.74) is 0.600. The van der Waals surface area contributed by atoms with Gasteiger partial charge in [0.2, 0.25) is 11.8 Å². The highest BCUT2D eigenvalue weighted by molar-refractivity contribution is 14.1. The van der Waals surface area contributed by atoms with Crippen molar-refractivity contribution >= 4 is 40.4 Å². The summed E-state index contributed by atoms with van der Waals surface area (Å²) in [6.07, 6.45) is 3.59. The Hall–Kier alpha value is -2.92. The van der Waals surface area contributed by atoms with Crippen LogP contribution in [-0.2, 0) is 30.4 Å². The Bertz CT molecular complexity index is 1190. The van der Waals surface area contributed by atoms with Gasteiger partial charge in [-0.3, -0.25) is 14.4 Å². The number of benzene rings is 2. The molecule has 0 saturated carbocycles. The summed E-state index contributed by atoms with van der Waals surface area (Å²) in [6, 6.07) is 15.2. The molecule has 188 valence electrons. The van der Waals surface area contributed by atoms with Gasteiger partial charge in [-0.2, -0.15) is 0 Å². The van der Waals surface area contributed by atoms with Crippen LogP contribution in [0.2, 0.25) is 0 Å². The molecule has 1 N–H and O–H groups in total. The van der Waals surface area contributed by atoms with Crippen LogP contribution in [0.3, 0.4) is 0 Å². The molecule has 3 aliphatic heterocycles. The minimum Gasteiger partial charge on any atom is -0.497 e. The minimum atomic E-state index is -1.07. The number of esters is 1. The molecule has 0 aromatic heterocycles. The fraction of sp³-hybridized carbons (Fsp3) is 0.370. The van der Waals surface area contributed by atoms with Crippen molar-refractivity contribution in [1.29, 1.82) is 0 Å². The number of methoxy groups -OCH3 is 1. The molecule has 2 saturated heterocycles. The molecule has 0 radical (unpaired) electrons. The molecule has 9 heteroatoms. The number of fused-ring (bicyclic) bond motifs is 1. The van der Waals surface area contributed by atoms with Gasteiger partial charge < -0.3 is 24.4 Å². The molecule has 0 unspecified atom stereocenters. The molecule has 2 aromatic rings. The Balaban J connectivity index is 1.53. The van der Waals surface area contributed by atoms with Gasteiger partial charge in [0.05, 0.1) is 29.1 Å². The summed E-state index contributed by atoms with van der Waals surface area (Å²) in [7, 11) is 1.57. The lowest BCUT2D eigenvalue weighted by atomic mass is 9.81. The molecule has 6 atom stereocenters. The highest BCUT2D eigenvalue weighted by Crippen LogP contribution is 2.56. The molecule has 8 nitrogen and oxygen atoms in total. The lowest BCUT2D eigenvalue weighted by molar-refractivity contribution is -0.149. The number of rotatable bonds is 8. The Labute approximate surface area is 223 Å². The van der Waals surface area contributed by atoms with E-state index in [0.717, 1.165) is 11.1 Å². The van der Waals surface area contributed by atoms with E-state index in [0.29, 0.717) is 12.3 Å². The van der Waals surface area contributed by atoms with Gasteiger partial charge in [-0.1, -0.05) is 77.2 Å². The molecular formula is C27H27IN2O6. The van der Waals surface area contributed by atoms with Crippen molar-refractivity contribution in [2.24, 2.45) is 5.92 Å². The Morgan fingerprint density at radius 2 is 1.89 bits per heavy atom. The number of hydrogen-bond donors (Lipinski definition) is 1. The van der Waals surface area contributed by atoms with Crippen molar-refractivity contribution in [3.8, 4) is 5.75 Å². The number of nitrogens with one attached hydrogen (secondary N) is 1. The van der Waals surface area contributed by atoms with Crippen LogP contribution in [0.1, 0.15) is 24.1 Å². The lowest BCUT2D eigenvalue weighted by Gasteiger charge is -2.36. The minimum absolute atomic E-state index is 0.0856. The summed E-state index contributed by atoms with van der Waals surface area (Å²) < 4.78 is 16.9. The zero-order valence-electron chi connectivity index (χ0n) is 19.9. The number of carbonyl (C=O) groups is 3. The normalized spacial score (nSPS) is 28.6. The first-order valence-electron chi connectivity index (χ1n) is 11.8. The van der Waals surface area contributed by atoms with E-state index in [4.69, 9.17) is 14.2 Å². The first-order chi connectivity index (χ1) is 17.4. The van der Waals surface area contributed by atoms with Crippen LogP contribution in [0.25, 0.3) is 0 Å². The van der Waals surface area contributed by atoms with Gasteiger partial charge in [-0.15, -0.1) is 0 Å². The van der Waals surface area contributed by atoms with E-state index in [1.54, 1.807) is 24.1 Å². The molecule has 1 spiro atoms. The molecule has 2 amide bonds. The van der Waals surface area contributed by atoms with Crippen LogP contribution >= 0.6 is 22.6 Å². The van der Waals surface area contributed by atoms with E-state index >= 15 is 0 Å². The standard InChI is InChI=1S/C27H27IN2O6/c1-16(31)35-15-20(18-8-10-19(34-2)11-9-18)30-24(25(32)29-14-17-6-4-3-5-7-17)27-13-12-21(36-27)23(28)22(27)26(30)33/h3-13,20-24H,14-15H2,1-2H3,(H,29,32)/t20-,21-,22+,23+,24-,27-/m0/s1. The third-order valence-electron chi connectivity index (χ3n) is 7.07. The van der Waals surface area contributed by atoms with Crippen LogP contribution in [0.5, 0.6) is 5.75 Å². The topological polar surface area (TPSA) is 94.2 Å². The zero-order valence-corrected chi connectivity index (χ0v) is 22.1. The zero-order chi connectivity index (χ0) is 25.4. The third-order valence-corrected chi connectivity index (χ3v) is 8.50. The van der Waals surface area contributed by atoms with Crippen molar-refractivity contribution in [2.75, 3.05) is 13.7 Å². The summed E-state index contributed by atoms with van der Waals surface area (Å²) in [6.45, 7) is 1.55. The van der Waals surface area contributed by atoms with Gasteiger partial charge in [-0.05, 0) is 23.3 Å². The third kappa shape index (κ3) is 4.17. The number of alkyl halides is 1. The number of nitrogens with zero attached hydrogens (tertiary/aromatic N) is 1. The van der Waals surface area contributed by atoms with Crippen LogP contribution in [0.15, 0.2) is 66.7 Å². The predicted octanol–water partition coefficient (Wildman–Crippen LogP) is 2.95. The first kappa shape index (κ1) is 24.8. The maximum Gasteiger partial charge on any atom is 0.302 e. The van der Waals surface area contributed by atoms with Crippen molar-refractivity contribution in [3.05, 3.63) is 77.9 Å². The smallest absolute Gasteiger partial charge is 0.302 e. The highest BCUT2D eigenvalue weighted by Gasteiger charge is 2.71. The van der Waals surface area contributed by atoms with E-state index in [2.05, 4.69) is 27.9 Å². The summed E-state index contributed by atoms with van der Waals surface area (Å²) in [5.74, 6) is -0.824. The largest absolute Gasteiger partial charge is 0.497 e. The van der Waals surface area contributed by atoms with Crippen molar-refractivity contribution in [2.45, 2.75) is 41.2 Å². The second-order valence-electron chi connectivity index (χ2n) is 9.16. The molecule has 3 heterocycles. The quantitative estimate of drug-likeness (QED) is 0.216. The predicted molar refractivity (Wildman–Crippen MR) is 139 cm³/mol. The van der Waals surface area contributed by atoms with Crippen LogP contribution in [0, 0.1) is 5.92 Å². The monoisotopic (exact) mass is 602 g/mol. The van der Waals surface area contributed by atoms with Gasteiger partial charge in [0.1, 0.15) is 24.0 Å². The van der Waals surface area contributed by atoms with Crippen LogP contribution < -0.4 is 10.1 Å². The molecular weight excluding hydrogens is 575 g/mol. The fourth-order valence-corrected chi connectivity index (χ4v) is 6.67. The molecule has 2 fully saturated rings. The molecule has 36 heavy (non-hydrogen) atoms. The molecule has 3 aliphatic rings. The SMILES string of the molecule is COc1ccc([C@H](COC(C)=O)N2C(=O)[C@H]3[C@H](I)[C@@H]4C=C[C@@]3(O4)[C@@H]2C(=O)NCc2ccccc2)cc1. The number of likely N-dealkylation sites (tertiary alicyclic amines) is 1. The Kier molecular flexibility index (Phi) is 6.78. The van der Waals surface area contributed by atoms with Crippen molar-refractivity contribution in [1.82, 2.24) is 10.2 Å². The average molecular weight is 602 g/mol. The first-order valence-corrected chi connectivity index (χ1v) is 13.0. The lowest BCUT2D eigenvalue weighted by Crippen LogP contribution is -2.55. The Morgan fingerprint density at radius 1 is 1.17 bits per heavy atom. The summed E-state index contributed by atoms with van der Waals surface area (Å²) >= 11 is 2.25. The second kappa shape index (κ2) is 9.85.